The van der Waals surface area contributed by atoms with E-state index in [1.807, 2.05) is 0 Å². The van der Waals surface area contributed by atoms with Crippen LogP contribution in [0.5, 0.6) is 0 Å². The number of unbranched alkanes of at least 4 members (excludes halogenated alkanes) is 4. The van der Waals surface area contributed by atoms with Gasteiger partial charge in [-0.15, -0.1) is 0 Å². The molecule has 0 heterocycles. The van der Waals surface area contributed by atoms with Crippen molar-refractivity contribution in [1.29, 1.82) is 0 Å². The smallest absolute Gasteiger partial charge is 0.184 e. The van der Waals surface area contributed by atoms with E-state index in [1.165, 1.54) is 19.3 Å². The van der Waals surface area contributed by atoms with Gasteiger partial charge in [0.25, 0.3) is 0 Å². The quantitative estimate of drug-likeness (QED) is 0.473. The van der Waals surface area contributed by atoms with Crippen molar-refractivity contribution in [2.75, 3.05) is 0 Å². The van der Waals surface area contributed by atoms with Crippen LogP contribution in [0.15, 0.2) is 23.3 Å². The molecule has 0 bridgehead atoms. The van der Waals surface area contributed by atoms with Crippen molar-refractivity contribution in [2.24, 2.45) is 0 Å². The fourth-order valence-corrected chi connectivity index (χ4v) is 2.08. The van der Waals surface area contributed by atoms with Gasteiger partial charge in [0.1, 0.15) is 0 Å². The molecule has 0 N–H and O–H groups in total. The zero-order valence-corrected chi connectivity index (χ0v) is 10.7. The summed E-state index contributed by atoms with van der Waals surface area (Å²) in [4.78, 5) is 11.9. The normalized spacial score (nSPS) is 21.2. The van der Waals surface area contributed by atoms with Crippen molar-refractivity contribution in [2.45, 2.75) is 65.2 Å². The number of hydrogen-bond acceptors (Lipinski definition) is 1. The molecule has 0 atom stereocenters. The van der Waals surface area contributed by atoms with E-state index < -0.39 is 0 Å². The van der Waals surface area contributed by atoms with E-state index >= 15 is 0 Å². The van der Waals surface area contributed by atoms with Crippen molar-refractivity contribution >= 4 is 5.78 Å². The number of ketones is 1. The molecule has 0 aliphatic heterocycles. The van der Waals surface area contributed by atoms with Gasteiger partial charge in [-0.05, 0) is 43.3 Å². The Morgan fingerprint density at radius 3 is 2.12 bits per heavy atom. The summed E-state index contributed by atoms with van der Waals surface area (Å²) in [5.41, 5.74) is 2.13. The second kappa shape index (κ2) is 7.43. The molecule has 0 aromatic heterocycles. The topological polar surface area (TPSA) is 17.1 Å². The molecule has 0 aromatic rings. The lowest BCUT2D eigenvalue weighted by Gasteiger charge is -1.96. The minimum atomic E-state index is 0.324. The lowest BCUT2D eigenvalue weighted by Crippen LogP contribution is -1.95. The van der Waals surface area contributed by atoms with E-state index in [0.717, 1.165) is 43.3 Å². The van der Waals surface area contributed by atoms with E-state index in [0.29, 0.717) is 5.78 Å². The van der Waals surface area contributed by atoms with Crippen molar-refractivity contribution in [1.82, 2.24) is 0 Å². The maximum Gasteiger partial charge on any atom is 0.184 e. The summed E-state index contributed by atoms with van der Waals surface area (Å²) in [6.45, 7) is 4.36. The molecule has 1 fully saturated rings. The highest BCUT2D eigenvalue weighted by atomic mass is 16.1. The van der Waals surface area contributed by atoms with Gasteiger partial charge in [0.05, 0.1) is 0 Å². The van der Waals surface area contributed by atoms with E-state index in [9.17, 15) is 4.79 Å². The molecule has 90 valence electrons. The van der Waals surface area contributed by atoms with Gasteiger partial charge < -0.3 is 0 Å². The maximum atomic E-state index is 11.9. The van der Waals surface area contributed by atoms with Crippen molar-refractivity contribution in [3.8, 4) is 0 Å². The Hall–Kier alpha value is -0.850. The van der Waals surface area contributed by atoms with Crippen molar-refractivity contribution in [3.63, 3.8) is 0 Å². The standard InChI is InChI=1S/C15H24O/c1-3-5-7-8-10-14-12-11-13(15(14)16)9-6-4-2/h9-10H,3-8,11-12H2,1-2H3. The van der Waals surface area contributed by atoms with Crippen LogP contribution in [-0.4, -0.2) is 5.78 Å². The highest BCUT2D eigenvalue weighted by Gasteiger charge is 2.21. The van der Waals surface area contributed by atoms with Crippen LogP contribution in [0.1, 0.15) is 65.2 Å². The third-order valence-corrected chi connectivity index (χ3v) is 3.12. The largest absolute Gasteiger partial charge is 0.289 e. The lowest BCUT2D eigenvalue weighted by atomic mass is 10.1. The van der Waals surface area contributed by atoms with Gasteiger partial charge in [-0.2, -0.15) is 0 Å². The van der Waals surface area contributed by atoms with Gasteiger partial charge in [0, 0.05) is 0 Å². The van der Waals surface area contributed by atoms with Gasteiger partial charge in [-0.1, -0.05) is 45.3 Å². The predicted molar refractivity (Wildman–Crippen MR) is 69.5 cm³/mol. The van der Waals surface area contributed by atoms with Crippen molar-refractivity contribution in [3.05, 3.63) is 23.3 Å². The van der Waals surface area contributed by atoms with Gasteiger partial charge in [0.15, 0.2) is 5.78 Å². The van der Waals surface area contributed by atoms with Crippen LogP contribution in [0.4, 0.5) is 0 Å². The predicted octanol–water partition coefficient (Wildman–Crippen LogP) is 4.58. The number of allylic oxidation sites excluding steroid dienone is 4. The Balaban J connectivity index is 2.44. The first-order valence-electron chi connectivity index (χ1n) is 6.72. The molecule has 0 radical (unpaired) electrons. The van der Waals surface area contributed by atoms with Crippen LogP contribution >= 0.6 is 0 Å². The Morgan fingerprint density at radius 2 is 1.56 bits per heavy atom. The molecule has 1 rings (SSSR count). The zero-order valence-electron chi connectivity index (χ0n) is 10.7. The summed E-state index contributed by atoms with van der Waals surface area (Å²) in [7, 11) is 0. The molecule has 16 heavy (non-hydrogen) atoms. The van der Waals surface area contributed by atoms with E-state index in [-0.39, 0.29) is 0 Å². The van der Waals surface area contributed by atoms with E-state index in [1.54, 1.807) is 0 Å². The van der Waals surface area contributed by atoms with E-state index in [2.05, 4.69) is 26.0 Å². The van der Waals surface area contributed by atoms with Gasteiger partial charge in [-0.25, -0.2) is 0 Å². The summed E-state index contributed by atoms with van der Waals surface area (Å²) in [5.74, 6) is 0.324. The van der Waals surface area contributed by atoms with Crippen LogP contribution in [-0.2, 0) is 4.79 Å². The first kappa shape index (κ1) is 13.2. The fourth-order valence-electron chi connectivity index (χ4n) is 2.08. The Kier molecular flexibility index (Phi) is 6.14. The minimum Gasteiger partial charge on any atom is -0.289 e. The van der Waals surface area contributed by atoms with Crippen LogP contribution in [0, 0.1) is 0 Å². The molecule has 0 amide bonds. The summed E-state index contributed by atoms with van der Waals surface area (Å²) in [6, 6.07) is 0. The third-order valence-electron chi connectivity index (χ3n) is 3.12. The molecular weight excluding hydrogens is 196 g/mol. The lowest BCUT2D eigenvalue weighted by molar-refractivity contribution is -0.111. The van der Waals surface area contributed by atoms with Crippen molar-refractivity contribution < 1.29 is 4.79 Å². The molecule has 1 saturated carbocycles. The maximum absolute atomic E-state index is 11.9. The number of rotatable bonds is 6. The SMILES string of the molecule is CCCC=C1CCC(=CCCCCC)C1=O. The Morgan fingerprint density at radius 1 is 0.938 bits per heavy atom. The summed E-state index contributed by atoms with van der Waals surface area (Å²) in [6.07, 6.45) is 13.3. The molecule has 1 heteroatoms. The average molecular weight is 220 g/mol. The van der Waals surface area contributed by atoms with Gasteiger partial charge >= 0.3 is 0 Å². The van der Waals surface area contributed by atoms with E-state index in [4.69, 9.17) is 0 Å². The average Bonchev–Trinajstić information content (AvgIpc) is 2.64. The Labute approximate surface area is 99.6 Å². The number of Topliss-reactive ketones (excluding diaryl/α,β-unsaturated/α-hetero) is 1. The van der Waals surface area contributed by atoms with Crippen LogP contribution < -0.4 is 0 Å². The first-order chi connectivity index (χ1) is 7.79. The third kappa shape index (κ3) is 3.96. The zero-order chi connectivity index (χ0) is 11.8. The molecular formula is C15H24O. The number of carbonyl (C=O) groups is 1. The monoisotopic (exact) mass is 220 g/mol. The highest BCUT2D eigenvalue weighted by molar-refractivity contribution is 6.10. The molecule has 1 aliphatic carbocycles. The molecule has 0 aromatic carbocycles. The highest BCUT2D eigenvalue weighted by Crippen LogP contribution is 2.27. The molecule has 1 aliphatic rings. The number of hydrogen-bond donors (Lipinski definition) is 0. The van der Waals surface area contributed by atoms with Crippen LogP contribution in [0.2, 0.25) is 0 Å². The van der Waals surface area contributed by atoms with Gasteiger partial charge in [0.2, 0.25) is 0 Å². The van der Waals surface area contributed by atoms with Crippen LogP contribution in [0.25, 0.3) is 0 Å². The fraction of sp³-hybridized carbons (Fsp3) is 0.667. The summed E-state index contributed by atoms with van der Waals surface area (Å²) >= 11 is 0. The number of carbonyl (C=O) groups excluding carboxylic acids is 1. The van der Waals surface area contributed by atoms with Gasteiger partial charge in [-0.3, -0.25) is 4.79 Å². The molecule has 0 saturated heterocycles. The summed E-state index contributed by atoms with van der Waals surface area (Å²) in [5, 5.41) is 0. The molecule has 1 nitrogen and oxygen atoms in total. The molecule has 0 unspecified atom stereocenters. The van der Waals surface area contributed by atoms with Crippen LogP contribution in [0.3, 0.4) is 0 Å². The molecule has 0 spiro atoms. The Bertz CT molecular complexity index is 284. The second-order valence-corrected chi connectivity index (χ2v) is 4.57. The summed E-state index contributed by atoms with van der Waals surface area (Å²) < 4.78 is 0. The minimum absolute atomic E-state index is 0.324. The first-order valence-corrected chi connectivity index (χ1v) is 6.72. The second-order valence-electron chi connectivity index (χ2n) is 4.57.